The van der Waals surface area contributed by atoms with E-state index in [1.54, 1.807) is 13.8 Å². The highest BCUT2D eigenvalue weighted by Crippen LogP contribution is 2.23. The Bertz CT molecular complexity index is 606. The van der Waals surface area contributed by atoms with Crippen LogP contribution < -0.4 is 10.6 Å². The zero-order chi connectivity index (χ0) is 17.7. The van der Waals surface area contributed by atoms with Crippen LogP contribution in [0.5, 0.6) is 0 Å². The molecular weight excluding hydrogens is 314 g/mol. The molecule has 1 saturated carbocycles. The first-order valence-corrected chi connectivity index (χ1v) is 8.08. The third-order valence-corrected chi connectivity index (χ3v) is 4.25. The molecule has 0 unspecified atom stereocenters. The Morgan fingerprint density at radius 3 is 2.58 bits per heavy atom. The van der Waals surface area contributed by atoms with Gasteiger partial charge in [0.05, 0.1) is 5.69 Å². The lowest BCUT2D eigenvalue weighted by Gasteiger charge is -2.29. The summed E-state index contributed by atoms with van der Waals surface area (Å²) in [6.45, 7) is 4.72. The van der Waals surface area contributed by atoms with E-state index in [0.29, 0.717) is 17.4 Å². The van der Waals surface area contributed by atoms with Gasteiger partial charge in [-0.3, -0.25) is 10.1 Å². The Morgan fingerprint density at radius 1 is 1.25 bits per heavy atom. The highest BCUT2D eigenvalue weighted by Gasteiger charge is 2.24. The quantitative estimate of drug-likeness (QED) is 0.811. The lowest BCUT2D eigenvalue weighted by atomic mass is 9.86. The summed E-state index contributed by atoms with van der Waals surface area (Å²) in [5, 5.41) is 8.61. The molecule has 8 nitrogen and oxygen atoms in total. The second kappa shape index (κ2) is 7.94. The van der Waals surface area contributed by atoms with Crippen molar-refractivity contribution < 1.29 is 23.6 Å². The second-order valence-corrected chi connectivity index (χ2v) is 6.17. The monoisotopic (exact) mass is 337 g/mol. The lowest BCUT2D eigenvalue weighted by Crippen LogP contribution is -2.48. The molecule has 2 atom stereocenters. The van der Waals surface area contributed by atoms with Gasteiger partial charge in [-0.1, -0.05) is 24.9 Å². The number of urea groups is 1. The lowest BCUT2D eigenvalue weighted by molar-refractivity contribution is -0.123. The van der Waals surface area contributed by atoms with Crippen molar-refractivity contribution in [1.82, 2.24) is 15.8 Å². The van der Waals surface area contributed by atoms with Crippen molar-refractivity contribution in [1.29, 1.82) is 0 Å². The van der Waals surface area contributed by atoms with Crippen molar-refractivity contribution in [2.24, 2.45) is 5.92 Å². The number of nitrogens with one attached hydrogen (secondary N) is 2. The van der Waals surface area contributed by atoms with Crippen LogP contribution >= 0.6 is 0 Å². The van der Waals surface area contributed by atoms with Gasteiger partial charge in [0.25, 0.3) is 5.91 Å². The summed E-state index contributed by atoms with van der Waals surface area (Å²) < 4.78 is 9.76. The molecule has 0 aromatic carbocycles. The number of carbonyl (C=O) groups excluding carboxylic acids is 3. The number of hydrogen-bond acceptors (Lipinski definition) is 6. The van der Waals surface area contributed by atoms with Crippen LogP contribution in [0.1, 0.15) is 54.4 Å². The first-order valence-electron chi connectivity index (χ1n) is 8.08. The molecule has 1 heterocycles. The van der Waals surface area contributed by atoms with Gasteiger partial charge in [0.2, 0.25) is 0 Å². The van der Waals surface area contributed by atoms with Crippen molar-refractivity contribution in [2.45, 2.75) is 52.5 Å². The van der Waals surface area contributed by atoms with Gasteiger partial charge in [-0.25, -0.2) is 9.59 Å². The second-order valence-electron chi connectivity index (χ2n) is 6.17. The summed E-state index contributed by atoms with van der Waals surface area (Å²) >= 11 is 0. The molecule has 1 aliphatic rings. The van der Waals surface area contributed by atoms with Crippen molar-refractivity contribution in [3.05, 3.63) is 17.0 Å². The number of hydrogen-bond donors (Lipinski definition) is 2. The summed E-state index contributed by atoms with van der Waals surface area (Å²) in [5.41, 5.74) is 0.588. The topological polar surface area (TPSA) is 111 Å². The van der Waals surface area contributed by atoms with Crippen LogP contribution in [0.3, 0.4) is 0 Å². The number of aryl methyl sites for hydroxylation is 2. The largest absolute Gasteiger partial charge is 0.452 e. The Labute approximate surface area is 140 Å². The third-order valence-electron chi connectivity index (χ3n) is 4.25. The van der Waals surface area contributed by atoms with Gasteiger partial charge in [-0.2, -0.15) is 0 Å². The standard InChI is InChI=1S/C16H23N3O5/c1-9-6-4-5-7-12(9)17-16(22)18-13(20)8-23-15(21)14-10(2)19-24-11(14)3/h9,12H,4-8H2,1-3H3,(H2,17,18,20,22)/t9-,12-/m0/s1. The Kier molecular flexibility index (Phi) is 5.94. The van der Waals surface area contributed by atoms with Gasteiger partial charge >= 0.3 is 12.0 Å². The Morgan fingerprint density at radius 2 is 1.96 bits per heavy atom. The van der Waals surface area contributed by atoms with E-state index in [4.69, 9.17) is 9.26 Å². The first kappa shape index (κ1) is 18.0. The van der Waals surface area contributed by atoms with Crippen molar-refractivity contribution >= 4 is 17.9 Å². The molecule has 0 radical (unpaired) electrons. The normalized spacial score (nSPS) is 20.3. The zero-order valence-electron chi connectivity index (χ0n) is 14.2. The number of ether oxygens (including phenoxy) is 1. The molecule has 2 rings (SSSR count). The van der Waals surface area contributed by atoms with Gasteiger partial charge in [-0.05, 0) is 32.6 Å². The predicted octanol–water partition coefficient (Wildman–Crippen LogP) is 1.85. The number of imide groups is 1. The van der Waals surface area contributed by atoms with E-state index in [9.17, 15) is 14.4 Å². The van der Waals surface area contributed by atoms with E-state index in [2.05, 4.69) is 22.7 Å². The molecule has 24 heavy (non-hydrogen) atoms. The number of nitrogens with zero attached hydrogens (tertiary/aromatic N) is 1. The van der Waals surface area contributed by atoms with Gasteiger partial charge in [-0.15, -0.1) is 0 Å². The molecule has 0 saturated heterocycles. The number of rotatable bonds is 4. The minimum absolute atomic E-state index is 0.0661. The minimum atomic E-state index is -0.706. The van der Waals surface area contributed by atoms with E-state index >= 15 is 0 Å². The van der Waals surface area contributed by atoms with Crippen molar-refractivity contribution in [2.75, 3.05) is 6.61 Å². The Hall–Kier alpha value is -2.38. The number of esters is 1. The molecule has 2 N–H and O–H groups in total. The fourth-order valence-electron chi connectivity index (χ4n) is 2.88. The summed E-state index contributed by atoms with van der Waals surface area (Å²) in [6, 6.07) is -0.497. The highest BCUT2D eigenvalue weighted by atomic mass is 16.5. The van der Waals surface area contributed by atoms with Crippen LogP contribution in [0.25, 0.3) is 0 Å². The van der Waals surface area contributed by atoms with Crippen LogP contribution in [-0.4, -0.2) is 35.7 Å². The number of amides is 3. The zero-order valence-corrected chi connectivity index (χ0v) is 14.2. The average molecular weight is 337 g/mol. The van der Waals surface area contributed by atoms with Crippen LogP contribution in [0.15, 0.2) is 4.52 Å². The molecule has 1 aromatic heterocycles. The van der Waals surface area contributed by atoms with Crippen molar-refractivity contribution in [3.63, 3.8) is 0 Å². The fourth-order valence-corrected chi connectivity index (χ4v) is 2.88. The predicted molar refractivity (Wildman–Crippen MR) is 84.4 cm³/mol. The van der Waals surface area contributed by atoms with Gasteiger partial charge in [0, 0.05) is 6.04 Å². The third kappa shape index (κ3) is 4.56. The number of carbonyl (C=O) groups is 3. The smallest absolute Gasteiger partial charge is 0.344 e. The summed E-state index contributed by atoms with van der Waals surface area (Å²) in [5.74, 6) is -0.683. The maximum Gasteiger partial charge on any atom is 0.344 e. The molecule has 0 aliphatic heterocycles. The molecule has 0 bridgehead atoms. The van der Waals surface area contributed by atoms with E-state index in [-0.39, 0.29) is 11.6 Å². The molecule has 8 heteroatoms. The highest BCUT2D eigenvalue weighted by molar-refractivity contribution is 5.97. The van der Waals surface area contributed by atoms with Gasteiger partial charge in [0.15, 0.2) is 6.61 Å². The van der Waals surface area contributed by atoms with Gasteiger partial charge in [0.1, 0.15) is 11.3 Å². The van der Waals surface area contributed by atoms with Crippen LogP contribution in [0.2, 0.25) is 0 Å². The van der Waals surface area contributed by atoms with E-state index in [1.807, 2.05) is 0 Å². The van der Waals surface area contributed by atoms with Crippen molar-refractivity contribution in [3.8, 4) is 0 Å². The summed E-state index contributed by atoms with van der Waals surface area (Å²) in [4.78, 5) is 35.5. The minimum Gasteiger partial charge on any atom is -0.452 e. The van der Waals surface area contributed by atoms with Gasteiger partial charge < -0.3 is 14.6 Å². The van der Waals surface area contributed by atoms with E-state index < -0.39 is 24.5 Å². The molecule has 3 amide bonds. The molecule has 1 fully saturated rings. The van der Waals surface area contributed by atoms with E-state index in [0.717, 1.165) is 25.7 Å². The fraction of sp³-hybridized carbons (Fsp3) is 0.625. The van der Waals surface area contributed by atoms with E-state index in [1.165, 1.54) is 0 Å². The summed E-state index contributed by atoms with van der Waals surface area (Å²) in [6.07, 6.45) is 4.20. The maximum absolute atomic E-state index is 11.9. The van der Waals surface area contributed by atoms with Crippen LogP contribution in [-0.2, 0) is 9.53 Å². The molecular formula is C16H23N3O5. The number of aromatic nitrogens is 1. The Balaban J connectivity index is 1.76. The van der Waals surface area contributed by atoms with Crippen LogP contribution in [0.4, 0.5) is 4.79 Å². The average Bonchev–Trinajstić information content (AvgIpc) is 2.86. The molecule has 1 aromatic rings. The molecule has 1 aliphatic carbocycles. The first-order chi connectivity index (χ1) is 11.4. The molecule has 132 valence electrons. The summed E-state index contributed by atoms with van der Waals surface area (Å²) in [7, 11) is 0. The van der Waals surface area contributed by atoms with Crippen LogP contribution in [0, 0.1) is 19.8 Å². The SMILES string of the molecule is Cc1noc(C)c1C(=O)OCC(=O)NC(=O)N[C@H]1CCCC[C@@H]1C. The maximum atomic E-state index is 11.9. The molecule has 0 spiro atoms.